The summed E-state index contributed by atoms with van der Waals surface area (Å²) in [5.41, 5.74) is 3.09. The van der Waals surface area contributed by atoms with E-state index in [1.54, 1.807) is 31.4 Å². The van der Waals surface area contributed by atoms with E-state index in [2.05, 4.69) is 10.5 Å². The molecule has 0 saturated heterocycles. The maximum Gasteiger partial charge on any atom is 0.283 e. The molecular weight excluding hydrogens is 403 g/mol. The van der Waals surface area contributed by atoms with E-state index in [1.165, 1.54) is 17.6 Å². The Bertz CT molecular complexity index is 985. The van der Waals surface area contributed by atoms with Crippen LogP contribution in [0.4, 0.5) is 0 Å². The number of fused-ring (bicyclic) bond motifs is 1. The van der Waals surface area contributed by atoms with E-state index in [0.717, 1.165) is 10.1 Å². The van der Waals surface area contributed by atoms with E-state index < -0.39 is 5.91 Å². The molecule has 0 spiro atoms. The summed E-state index contributed by atoms with van der Waals surface area (Å²) >= 11 is 19.5. The summed E-state index contributed by atoms with van der Waals surface area (Å²) in [5, 5.41) is 6.08. The summed E-state index contributed by atoms with van der Waals surface area (Å²) in [6.45, 7) is 0. The van der Waals surface area contributed by atoms with Crippen LogP contribution in [0.2, 0.25) is 15.1 Å². The lowest BCUT2D eigenvalue weighted by atomic mass is 10.2. The summed E-state index contributed by atoms with van der Waals surface area (Å²) in [5.74, 6) is 0.305. The molecule has 0 unspecified atom stereocenters. The van der Waals surface area contributed by atoms with E-state index in [-0.39, 0.29) is 0 Å². The quantitative estimate of drug-likeness (QED) is 0.445. The molecule has 0 atom stereocenters. The number of amides is 1. The molecule has 1 aromatic heterocycles. The summed E-state index contributed by atoms with van der Waals surface area (Å²) < 4.78 is 6.04. The number of carbonyl (C=O) groups is 1. The Labute approximate surface area is 163 Å². The molecule has 0 saturated carbocycles. The van der Waals surface area contributed by atoms with Crippen molar-refractivity contribution >= 4 is 68.3 Å². The fourth-order valence-corrected chi connectivity index (χ4v) is 4.03. The Balaban J connectivity index is 1.80. The Morgan fingerprint density at radius 2 is 2.00 bits per heavy atom. The first-order valence-corrected chi connectivity index (χ1v) is 8.99. The van der Waals surface area contributed by atoms with E-state index in [1.807, 2.05) is 12.1 Å². The van der Waals surface area contributed by atoms with Gasteiger partial charge >= 0.3 is 0 Å². The second-order valence-corrected chi connectivity index (χ2v) is 7.25. The smallest absolute Gasteiger partial charge is 0.283 e. The molecule has 4 nitrogen and oxygen atoms in total. The van der Waals surface area contributed by atoms with E-state index in [4.69, 9.17) is 39.5 Å². The highest BCUT2D eigenvalue weighted by atomic mass is 35.5. The van der Waals surface area contributed by atoms with Gasteiger partial charge in [0.15, 0.2) is 0 Å². The fraction of sp³-hybridized carbons (Fsp3) is 0.0588. The van der Waals surface area contributed by atoms with Gasteiger partial charge in [-0.15, -0.1) is 11.3 Å². The van der Waals surface area contributed by atoms with Gasteiger partial charge in [0, 0.05) is 20.7 Å². The summed E-state index contributed by atoms with van der Waals surface area (Å²) in [4.78, 5) is 12.7. The Hall–Kier alpha value is -1.79. The third-order valence-corrected chi connectivity index (χ3v) is 5.59. The molecule has 0 radical (unpaired) electrons. The van der Waals surface area contributed by atoms with Crippen LogP contribution in [0.5, 0.6) is 5.75 Å². The predicted octanol–water partition coefficient (Wildman–Crippen LogP) is 5.63. The van der Waals surface area contributed by atoms with Crippen molar-refractivity contribution in [3.8, 4) is 5.75 Å². The number of hydrazone groups is 1. The molecular formula is C17H11Cl3N2O2S. The number of nitrogens with one attached hydrogen (secondary N) is 1. The number of methoxy groups -OCH3 is 1. The molecule has 0 aliphatic carbocycles. The van der Waals surface area contributed by atoms with Crippen molar-refractivity contribution in [3.05, 3.63) is 61.9 Å². The number of nitrogens with zero attached hydrogens (tertiary/aromatic N) is 1. The van der Waals surface area contributed by atoms with Gasteiger partial charge in [0.1, 0.15) is 10.6 Å². The minimum absolute atomic E-state index is 0.379. The zero-order chi connectivity index (χ0) is 18.0. The van der Waals surface area contributed by atoms with Crippen molar-refractivity contribution < 1.29 is 9.53 Å². The van der Waals surface area contributed by atoms with Gasteiger partial charge in [0.2, 0.25) is 0 Å². The van der Waals surface area contributed by atoms with E-state index in [9.17, 15) is 4.79 Å². The second kappa shape index (κ2) is 7.62. The Morgan fingerprint density at radius 3 is 2.72 bits per heavy atom. The SMILES string of the molecule is COc1ccc2c(Cl)c(C(=O)N/N=C\c3ccc(Cl)cc3Cl)sc2c1. The van der Waals surface area contributed by atoms with Crippen molar-refractivity contribution in [1.29, 1.82) is 0 Å². The minimum atomic E-state index is -0.397. The molecule has 3 rings (SSSR count). The molecule has 3 aromatic rings. The minimum Gasteiger partial charge on any atom is -0.497 e. The van der Waals surface area contributed by atoms with Crippen LogP contribution in [-0.2, 0) is 0 Å². The third-order valence-electron chi connectivity index (χ3n) is 3.38. The topological polar surface area (TPSA) is 50.7 Å². The average molecular weight is 414 g/mol. The molecule has 1 N–H and O–H groups in total. The van der Waals surface area contributed by atoms with Gasteiger partial charge in [0.25, 0.3) is 5.91 Å². The number of thiophene rings is 1. The largest absolute Gasteiger partial charge is 0.497 e. The molecule has 0 bridgehead atoms. The monoisotopic (exact) mass is 412 g/mol. The molecule has 128 valence electrons. The molecule has 1 amide bonds. The van der Waals surface area contributed by atoms with Gasteiger partial charge < -0.3 is 4.74 Å². The molecule has 0 fully saturated rings. The first-order valence-electron chi connectivity index (χ1n) is 7.04. The van der Waals surface area contributed by atoms with E-state index >= 15 is 0 Å². The molecule has 1 heterocycles. The van der Waals surface area contributed by atoms with Crippen LogP contribution >= 0.6 is 46.1 Å². The second-order valence-electron chi connectivity index (χ2n) is 4.97. The van der Waals surface area contributed by atoms with Crippen LogP contribution in [0.15, 0.2) is 41.5 Å². The third kappa shape index (κ3) is 3.90. The number of hydrogen-bond acceptors (Lipinski definition) is 4. The summed E-state index contributed by atoms with van der Waals surface area (Å²) in [6, 6.07) is 10.4. The van der Waals surface area contributed by atoms with Crippen LogP contribution in [0, 0.1) is 0 Å². The zero-order valence-corrected chi connectivity index (χ0v) is 15.9. The highest BCUT2D eigenvalue weighted by Gasteiger charge is 2.17. The first-order chi connectivity index (χ1) is 12.0. The fourth-order valence-electron chi connectivity index (χ4n) is 2.14. The normalized spacial score (nSPS) is 11.2. The number of hydrogen-bond donors (Lipinski definition) is 1. The van der Waals surface area contributed by atoms with Crippen molar-refractivity contribution in [1.82, 2.24) is 5.43 Å². The average Bonchev–Trinajstić information content (AvgIpc) is 2.93. The molecule has 0 aliphatic heterocycles. The van der Waals surface area contributed by atoms with Crippen LogP contribution < -0.4 is 10.2 Å². The Kier molecular flexibility index (Phi) is 5.49. The summed E-state index contributed by atoms with van der Waals surface area (Å²) in [6.07, 6.45) is 1.45. The predicted molar refractivity (Wildman–Crippen MR) is 105 cm³/mol. The molecule has 25 heavy (non-hydrogen) atoms. The molecule has 2 aromatic carbocycles. The Morgan fingerprint density at radius 1 is 1.20 bits per heavy atom. The maximum absolute atomic E-state index is 12.3. The van der Waals surface area contributed by atoms with Crippen LogP contribution in [-0.4, -0.2) is 19.2 Å². The zero-order valence-electron chi connectivity index (χ0n) is 12.8. The molecule has 0 aliphatic rings. The highest BCUT2D eigenvalue weighted by Crippen LogP contribution is 2.37. The summed E-state index contributed by atoms with van der Waals surface area (Å²) in [7, 11) is 1.58. The van der Waals surface area contributed by atoms with Gasteiger partial charge in [-0.3, -0.25) is 4.79 Å². The number of halogens is 3. The molecule has 8 heteroatoms. The van der Waals surface area contributed by atoms with Gasteiger partial charge in [-0.2, -0.15) is 5.10 Å². The lowest BCUT2D eigenvalue weighted by Crippen LogP contribution is -2.16. The lowest BCUT2D eigenvalue weighted by Gasteiger charge is -1.99. The van der Waals surface area contributed by atoms with Gasteiger partial charge in [-0.1, -0.05) is 40.9 Å². The standard InChI is InChI=1S/C17H11Cl3N2O2S/c1-24-11-4-5-12-14(7-11)25-16(15(12)20)17(23)22-21-8-9-2-3-10(18)6-13(9)19/h2-8H,1H3,(H,22,23)/b21-8-. The van der Waals surface area contributed by atoms with Crippen molar-refractivity contribution in [2.24, 2.45) is 5.10 Å². The maximum atomic E-state index is 12.3. The number of rotatable bonds is 4. The van der Waals surface area contributed by atoms with Crippen molar-refractivity contribution in [3.63, 3.8) is 0 Å². The lowest BCUT2D eigenvalue weighted by molar-refractivity contribution is 0.0959. The van der Waals surface area contributed by atoms with Gasteiger partial charge in [-0.25, -0.2) is 5.43 Å². The number of carbonyl (C=O) groups excluding carboxylic acids is 1. The number of ether oxygens (including phenoxy) is 1. The van der Waals surface area contributed by atoms with Crippen molar-refractivity contribution in [2.45, 2.75) is 0 Å². The number of benzene rings is 2. The van der Waals surface area contributed by atoms with Gasteiger partial charge in [0.05, 0.1) is 23.4 Å². The highest BCUT2D eigenvalue weighted by molar-refractivity contribution is 7.21. The van der Waals surface area contributed by atoms with Crippen molar-refractivity contribution in [2.75, 3.05) is 7.11 Å². The van der Waals surface area contributed by atoms with Crippen LogP contribution in [0.3, 0.4) is 0 Å². The van der Waals surface area contributed by atoms with Crippen LogP contribution in [0.25, 0.3) is 10.1 Å². The van der Waals surface area contributed by atoms with Gasteiger partial charge in [-0.05, 0) is 30.3 Å². The first kappa shape index (κ1) is 18.0. The van der Waals surface area contributed by atoms with Crippen LogP contribution in [0.1, 0.15) is 15.2 Å². The van der Waals surface area contributed by atoms with E-state index in [0.29, 0.717) is 31.3 Å².